The standard InChI is InChI=1S/C22H30F3N3O/c1-4-6-8-9-12-17-13-10-11-14-19(17)28(3)20-18(22(23,24)25)16-26-21(27-20)29-15-7-5-2/h10-11,13-14,16H,4-9,12,15H2,1-3H3. The zero-order valence-corrected chi connectivity index (χ0v) is 17.4. The van der Waals surface area contributed by atoms with Gasteiger partial charge in [-0.2, -0.15) is 18.2 Å². The molecular formula is C22H30F3N3O. The number of aromatic nitrogens is 2. The molecule has 0 aliphatic heterocycles. The van der Waals surface area contributed by atoms with Gasteiger partial charge >= 0.3 is 12.2 Å². The van der Waals surface area contributed by atoms with E-state index < -0.39 is 11.7 Å². The van der Waals surface area contributed by atoms with Crippen LogP contribution in [0.5, 0.6) is 6.01 Å². The number of anilines is 2. The van der Waals surface area contributed by atoms with Crippen LogP contribution < -0.4 is 9.64 Å². The molecule has 2 rings (SSSR count). The van der Waals surface area contributed by atoms with Gasteiger partial charge in [0.2, 0.25) is 0 Å². The van der Waals surface area contributed by atoms with Gasteiger partial charge in [-0.25, -0.2) is 4.98 Å². The second-order valence-corrected chi connectivity index (χ2v) is 7.09. The molecule has 0 atom stereocenters. The summed E-state index contributed by atoms with van der Waals surface area (Å²) < 4.78 is 46.3. The van der Waals surface area contributed by atoms with Gasteiger partial charge in [0.1, 0.15) is 5.56 Å². The highest BCUT2D eigenvalue weighted by atomic mass is 19.4. The molecule has 0 unspecified atom stereocenters. The zero-order valence-electron chi connectivity index (χ0n) is 17.4. The van der Waals surface area contributed by atoms with E-state index in [0.29, 0.717) is 12.3 Å². The first kappa shape index (κ1) is 23.0. The molecule has 0 amide bonds. The van der Waals surface area contributed by atoms with E-state index in [1.165, 1.54) is 4.90 Å². The Kier molecular flexibility index (Phi) is 8.73. The molecule has 160 valence electrons. The van der Waals surface area contributed by atoms with Gasteiger partial charge < -0.3 is 9.64 Å². The third-order valence-corrected chi connectivity index (χ3v) is 4.75. The van der Waals surface area contributed by atoms with Gasteiger partial charge in [0.05, 0.1) is 6.61 Å². The molecule has 1 aromatic carbocycles. The molecule has 0 aliphatic rings. The van der Waals surface area contributed by atoms with Crippen LogP contribution in [0.1, 0.15) is 63.5 Å². The van der Waals surface area contributed by atoms with Crippen molar-refractivity contribution in [2.45, 2.75) is 65.0 Å². The fourth-order valence-electron chi connectivity index (χ4n) is 3.10. The van der Waals surface area contributed by atoms with Crippen LogP contribution >= 0.6 is 0 Å². The largest absolute Gasteiger partial charge is 0.463 e. The lowest BCUT2D eigenvalue weighted by Crippen LogP contribution is -2.20. The maximum Gasteiger partial charge on any atom is 0.421 e. The number of para-hydroxylation sites is 1. The van der Waals surface area contributed by atoms with E-state index in [1.54, 1.807) is 7.05 Å². The number of ether oxygens (including phenoxy) is 1. The number of halogens is 3. The van der Waals surface area contributed by atoms with Crippen molar-refractivity contribution < 1.29 is 17.9 Å². The summed E-state index contributed by atoms with van der Waals surface area (Å²) in [5.41, 5.74) is 0.850. The first-order valence-electron chi connectivity index (χ1n) is 10.3. The quantitative estimate of drug-likeness (QED) is 0.394. The summed E-state index contributed by atoms with van der Waals surface area (Å²) in [6, 6.07) is 7.50. The monoisotopic (exact) mass is 409 g/mol. The molecule has 2 aromatic rings. The molecule has 0 aliphatic carbocycles. The summed E-state index contributed by atoms with van der Waals surface area (Å²) in [7, 11) is 1.61. The molecule has 0 N–H and O–H groups in total. The van der Waals surface area contributed by atoms with Crippen molar-refractivity contribution in [3.63, 3.8) is 0 Å². The van der Waals surface area contributed by atoms with Gasteiger partial charge in [-0.15, -0.1) is 0 Å². The van der Waals surface area contributed by atoms with Gasteiger partial charge in [-0.1, -0.05) is 57.7 Å². The van der Waals surface area contributed by atoms with Crippen LogP contribution in [0.15, 0.2) is 30.5 Å². The van der Waals surface area contributed by atoms with E-state index in [9.17, 15) is 13.2 Å². The van der Waals surface area contributed by atoms with Gasteiger partial charge in [0.15, 0.2) is 5.82 Å². The summed E-state index contributed by atoms with van der Waals surface area (Å²) in [4.78, 5) is 9.37. The fraction of sp³-hybridized carbons (Fsp3) is 0.545. The number of aryl methyl sites for hydroxylation is 1. The number of alkyl halides is 3. The van der Waals surface area contributed by atoms with E-state index >= 15 is 0 Å². The van der Waals surface area contributed by atoms with E-state index in [2.05, 4.69) is 16.9 Å². The highest BCUT2D eigenvalue weighted by molar-refractivity contribution is 5.66. The van der Waals surface area contributed by atoms with E-state index in [1.807, 2.05) is 31.2 Å². The number of unbranched alkanes of at least 4 members (excludes halogenated alkanes) is 4. The highest BCUT2D eigenvalue weighted by Gasteiger charge is 2.37. The van der Waals surface area contributed by atoms with Gasteiger partial charge in [0, 0.05) is 18.9 Å². The van der Waals surface area contributed by atoms with Crippen molar-refractivity contribution in [3.05, 3.63) is 41.6 Å². The Labute approximate surface area is 171 Å². The van der Waals surface area contributed by atoms with Crippen LogP contribution in [0.4, 0.5) is 24.7 Å². The van der Waals surface area contributed by atoms with E-state index in [-0.39, 0.29) is 11.8 Å². The van der Waals surface area contributed by atoms with Crippen molar-refractivity contribution in [3.8, 4) is 6.01 Å². The minimum Gasteiger partial charge on any atom is -0.463 e. The molecular weight excluding hydrogens is 379 g/mol. The van der Waals surface area contributed by atoms with Crippen molar-refractivity contribution in [2.24, 2.45) is 0 Å². The number of hydrogen-bond donors (Lipinski definition) is 0. The van der Waals surface area contributed by atoms with Crippen LogP contribution in [0.2, 0.25) is 0 Å². The zero-order chi connectivity index (χ0) is 21.3. The Balaban J connectivity index is 2.35. The second-order valence-electron chi connectivity index (χ2n) is 7.09. The molecule has 0 radical (unpaired) electrons. The molecule has 4 nitrogen and oxygen atoms in total. The van der Waals surface area contributed by atoms with Gasteiger partial charge in [-0.05, 0) is 30.9 Å². The molecule has 1 heterocycles. The van der Waals surface area contributed by atoms with Crippen molar-refractivity contribution in [1.82, 2.24) is 9.97 Å². The van der Waals surface area contributed by atoms with E-state index in [0.717, 1.165) is 56.7 Å². The molecule has 0 bridgehead atoms. The SMILES string of the molecule is CCCCCCc1ccccc1N(C)c1nc(OCCCC)ncc1C(F)(F)F. The number of nitrogens with zero attached hydrogens (tertiary/aromatic N) is 3. The summed E-state index contributed by atoms with van der Waals surface area (Å²) in [5, 5.41) is 0. The number of hydrogen-bond acceptors (Lipinski definition) is 4. The van der Waals surface area contributed by atoms with E-state index in [4.69, 9.17) is 4.74 Å². The predicted molar refractivity (Wildman–Crippen MR) is 110 cm³/mol. The Hall–Kier alpha value is -2.31. The lowest BCUT2D eigenvalue weighted by atomic mass is 10.0. The molecule has 0 fully saturated rings. The number of rotatable bonds is 11. The molecule has 7 heteroatoms. The fourth-order valence-corrected chi connectivity index (χ4v) is 3.10. The van der Waals surface area contributed by atoms with Crippen LogP contribution in [0, 0.1) is 0 Å². The summed E-state index contributed by atoms with van der Waals surface area (Å²) in [5.74, 6) is -0.194. The Morgan fingerprint density at radius 3 is 2.41 bits per heavy atom. The van der Waals surface area contributed by atoms with Crippen molar-refractivity contribution in [2.75, 3.05) is 18.6 Å². The topological polar surface area (TPSA) is 38.2 Å². The van der Waals surface area contributed by atoms with Crippen molar-refractivity contribution >= 4 is 11.5 Å². The molecule has 29 heavy (non-hydrogen) atoms. The summed E-state index contributed by atoms with van der Waals surface area (Å²) >= 11 is 0. The maximum atomic E-state index is 13.6. The smallest absolute Gasteiger partial charge is 0.421 e. The summed E-state index contributed by atoms with van der Waals surface area (Å²) in [6.45, 7) is 4.53. The predicted octanol–water partition coefficient (Wildman–Crippen LogP) is 6.57. The minimum absolute atomic E-state index is 0.0336. The average molecular weight is 409 g/mol. The van der Waals surface area contributed by atoms with Gasteiger partial charge in [0.25, 0.3) is 0 Å². The molecule has 0 saturated carbocycles. The molecule has 0 saturated heterocycles. The molecule has 1 aromatic heterocycles. The Morgan fingerprint density at radius 2 is 1.72 bits per heavy atom. The Morgan fingerprint density at radius 1 is 1.00 bits per heavy atom. The normalized spacial score (nSPS) is 11.5. The van der Waals surface area contributed by atoms with Crippen LogP contribution in [-0.4, -0.2) is 23.6 Å². The van der Waals surface area contributed by atoms with Crippen LogP contribution in [-0.2, 0) is 12.6 Å². The minimum atomic E-state index is -4.55. The van der Waals surface area contributed by atoms with Gasteiger partial charge in [-0.3, -0.25) is 0 Å². The van der Waals surface area contributed by atoms with Crippen LogP contribution in [0.3, 0.4) is 0 Å². The highest BCUT2D eigenvalue weighted by Crippen LogP contribution is 2.38. The first-order valence-corrected chi connectivity index (χ1v) is 10.3. The average Bonchev–Trinajstić information content (AvgIpc) is 2.70. The first-order chi connectivity index (χ1) is 13.9. The molecule has 0 spiro atoms. The summed E-state index contributed by atoms with van der Waals surface area (Å²) in [6.07, 6.45) is 3.16. The number of benzene rings is 1. The third kappa shape index (κ3) is 6.61. The third-order valence-electron chi connectivity index (χ3n) is 4.75. The lowest BCUT2D eigenvalue weighted by Gasteiger charge is -2.25. The maximum absolute atomic E-state index is 13.6. The van der Waals surface area contributed by atoms with Crippen molar-refractivity contribution in [1.29, 1.82) is 0 Å². The second kappa shape index (κ2) is 11.0. The Bertz CT molecular complexity index is 765. The van der Waals surface area contributed by atoms with Crippen LogP contribution in [0.25, 0.3) is 0 Å². The lowest BCUT2D eigenvalue weighted by molar-refractivity contribution is -0.137.